The van der Waals surface area contributed by atoms with Crippen molar-refractivity contribution in [1.29, 1.82) is 0 Å². The summed E-state index contributed by atoms with van der Waals surface area (Å²) in [6.07, 6.45) is 0. The highest BCUT2D eigenvalue weighted by molar-refractivity contribution is 5.86. The first-order valence-corrected chi connectivity index (χ1v) is 6.02. The summed E-state index contributed by atoms with van der Waals surface area (Å²) in [5.41, 5.74) is 3.57. The van der Waals surface area contributed by atoms with Gasteiger partial charge in [-0.1, -0.05) is 17.7 Å². The molecular weight excluding hydrogens is 212 g/mol. The van der Waals surface area contributed by atoms with Crippen LogP contribution >= 0.6 is 0 Å². The van der Waals surface area contributed by atoms with Crippen molar-refractivity contribution in [2.45, 2.75) is 52.6 Å². The van der Waals surface area contributed by atoms with Gasteiger partial charge in [0, 0.05) is 0 Å². The quantitative estimate of drug-likeness (QED) is 0.641. The van der Waals surface area contributed by atoms with Crippen molar-refractivity contribution in [1.82, 2.24) is 0 Å². The van der Waals surface area contributed by atoms with Gasteiger partial charge in [0.25, 0.3) is 0 Å². The molecule has 0 bridgehead atoms. The minimum Gasteiger partial charge on any atom is -0.454 e. The summed E-state index contributed by atoms with van der Waals surface area (Å²) in [6, 6.07) is 4.27. The molecule has 2 rings (SSSR count). The molecule has 2 heteroatoms. The fourth-order valence-corrected chi connectivity index (χ4v) is 2.79. The molecule has 1 aliphatic rings. The molecule has 1 aromatic carbocycles. The second-order valence-corrected chi connectivity index (χ2v) is 6.03. The first-order valence-electron chi connectivity index (χ1n) is 6.02. The molecule has 92 valence electrons. The summed E-state index contributed by atoms with van der Waals surface area (Å²) in [5.74, 6) is -0.137. The normalized spacial score (nSPS) is 20.7. The van der Waals surface area contributed by atoms with Gasteiger partial charge in [-0.15, -0.1) is 0 Å². The zero-order valence-electron chi connectivity index (χ0n) is 11.5. The second-order valence-electron chi connectivity index (χ2n) is 6.03. The molecule has 2 nitrogen and oxygen atoms in total. The van der Waals surface area contributed by atoms with Gasteiger partial charge >= 0.3 is 5.97 Å². The minimum absolute atomic E-state index is 0.137. The number of fused-ring (bicyclic) bond motifs is 1. The minimum atomic E-state index is -0.553. The Morgan fingerprint density at radius 3 is 2.24 bits per heavy atom. The van der Waals surface area contributed by atoms with Crippen LogP contribution in [0.2, 0.25) is 0 Å². The summed E-state index contributed by atoms with van der Waals surface area (Å²) in [7, 11) is 0. The van der Waals surface area contributed by atoms with E-state index < -0.39 is 11.0 Å². The lowest BCUT2D eigenvalue weighted by molar-refractivity contribution is -0.167. The Balaban J connectivity index is 2.82. The smallest absolute Gasteiger partial charge is 0.316 e. The van der Waals surface area contributed by atoms with E-state index >= 15 is 0 Å². The number of aryl methyl sites for hydroxylation is 2. The molecule has 0 aliphatic carbocycles. The van der Waals surface area contributed by atoms with Gasteiger partial charge in [0.2, 0.25) is 0 Å². The molecular formula is C15H20O2. The van der Waals surface area contributed by atoms with Crippen LogP contribution in [0.3, 0.4) is 0 Å². The Labute approximate surface area is 103 Å². The monoisotopic (exact) mass is 232 g/mol. The van der Waals surface area contributed by atoms with E-state index in [1.54, 1.807) is 0 Å². The largest absolute Gasteiger partial charge is 0.454 e. The first kappa shape index (κ1) is 12.2. The van der Waals surface area contributed by atoms with Gasteiger partial charge in [0.05, 0.1) is 5.41 Å². The van der Waals surface area contributed by atoms with Crippen molar-refractivity contribution in [3.05, 3.63) is 34.4 Å². The topological polar surface area (TPSA) is 26.3 Å². The van der Waals surface area contributed by atoms with E-state index in [4.69, 9.17) is 4.74 Å². The average Bonchev–Trinajstić information content (AvgIpc) is 2.13. The molecule has 1 aromatic rings. The maximum atomic E-state index is 12.1. The van der Waals surface area contributed by atoms with E-state index in [1.807, 2.05) is 27.7 Å². The third-order valence-electron chi connectivity index (χ3n) is 3.61. The summed E-state index contributed by atoms with van der Waals surface area (Å²) < 4.78 is 5.59. The van der Waals surface area contributed by atoms with E-state index in [0.717, 1.165) is 11.1 Å². The van der Waals surface area contributed by atoms with Crippen molar-refractivity contribution >= 4 is 5.97 Å². The number of hydrogen-bond donors (Lipinski definition) is 0. The van der Waals surface area contributed by atoms with E-state index in [9.17, 15) is 4.79 Å². The molecule has 0 radical (unpaired) electrons. The number of carbonyl (C=O) groups excluding carboxylic acids is 1. The molecule has 1 heterocycles. The molecule has 0 aromatic heterocycles. The standard InChI is InChI=1S/C15H20O2/c1-9-7-10(2)12-11(8-9)15(5,6)17-13(16)14(12,3)4/h7-8H,1-6H3. The SMILES string of the molecule is Cc1cc(C)c2c(c1)C(C)(C)OC(=O)C2(C)C. The van der Waals surface area contributed by atoms with Crippen LogP contribution < -0.4 is 0 Å². The fourth-order valence-electron chi connectivity index (χ4n) is 2.79. The maximum absolute atomic E-state index is 12.1. The van der Waals surface area contributed by atoms with Crippen LogP contribution in [0.1, 0.15) is 49.9 Å². The molecule has 0 saturated carbocycles. The highest BCUT2D eigenvalue weighted by Crippen LogP contribution is 2.43. The number of ether oxygens (including phenoxy) is 1. The lowest BCUT2D eigenvalue weighted by Crippen LogP contribution is -2.44. The highest BCUT2D eigenvalue weighted by Gasteiger charge is 2.46. The van der Waals surface area contributed by atoms with E-state index in [2.05, 4.69) is 26.0 Å². The van der Waals surface area contributed by atoms with Crippen molar-refractivity contribution in [2.24, 2.45) is 0 Å². The lowest BCUT2D eigenvalue weighted by atomic mass is 9.72. The molecule has 1 aliphatic heterocycles. The molecule has 0 fully saturated rings. The molecule has 0 saturated heterocycles. The van der Waals surface area contributed by atoms with Crippen molar-refractivity contribution < 1.29 is 9.53 Å². The van der Waals surface area contributed by atoms with Crippen LogP contribution in [0.15, 0.2) is 12.1 Å². The summed E-state index contributed by atoms with van der Waals surface area (Å²) in [4.78, 5) is 12.1. The lowest BCUT2D eigenvalue weighted by Gasteiger charge is -2.41. The summed E-state index contributed by atoms with van der Waals surface area (Å²) in [5, 5.41) is 0. The van der Waals surface area contributed by atoms with E-state index in [-0.39, 0.29) is 5.97 Å². The first-order chi connectivity index (χ1) is 7.66. The highest BCUT2D eigenvalue weighted by atomic mass is 16.6. The molecule has 17 heavy (non-hydrogen) atoms. The van der Waals surface area contributed by atoms with Gasteiger partial charge in [-0.2, -0.15) is 0 Å². The van der Waals surface area contributed by atoms with Crippen LogP contribution in [0, 0.1) is 13.8 Å². The van der Waals surface area contributed by atoms with E-state index in [1.165, 1.54) is 11.1 Å². The molecule has 0 amide bonds. The van der Waals surface area contributed by atoms with Crippen LogP contribution in [-0.2, 0) is 20.5 Å². The number of hydrogen-bond acceptors (Lipinski definition) is 2. The van der Waals surface area contributed by atoms with Crippen LogP contribution in [0.4, 0.5) is 0 Å². The number of cyclic esters (lactones) is 1. The predicted molar refractivity (Wildman–Crippen MR) is 68.1 cm³/mol. The number of benzene rings is 1. The van der Waals surface area contributed by atoms with Crippen molar-refractivity contribution in [3.63, 3.8) is 0 Å². The van der Waals surface area contributed by atoms with Crippen LogP contribution in [0.25, 0.3) is 0 Å². The van der Waals surface area contributed by atoms with Gasteiger partial charge in [-0.3, -0.25) is 4.79 Å². The number of esters is 1. The van der Waals surface area contributed by atoms with E-state index in [0.29, 0.717) is 0 Å². The second kappa shape index (κ2) is 3.34. The molecule has 0 atom stereocenters. The van der Waals surface area contributed by atoms with Gasteiger partial charge in [0.1, 0.15) is 5.60 Å². The Kier molecular flexibility index (Phi) is 2.39. The van der Waals surface area contributed by atoms with Gasteiger partial charge < -0.3 is 4.74 Å². The zero-order valence-corrected chi connectivity index (χ0v) is 11.5. The zero-order chi connectivity index (χ0) is 13.0. The molecule has 0 unspecified atom stereocenters. The third-order valence-corrected chi connectivity index (χ3v) is 3.61. The Morgan fingerprint density at radius 1 is 1.06 bits per heavy atom. The third kappa shape index (κ3) is 1.67. The predicted octanol–water partition coefficient (Wildman–Crippen LogP) is 3.37. The van der Waals surface area contributed by atoms with Gasteiger partial charge in [-0.05, 0) is 58.2 Å². The van der Waals surface area contributed by atoms with Gasteiger partial charge in [-0.25, -0.2) is 0 Å². The summed E-state index contributed by atoms with van der Waals surface area (Å²) >= 11 is 0. The summed E-state index contributed by atoms with van der Waals surface area (Å²) in [6.45, 7) is 11.9. The fraction of sp³-hybridized carbons (Fsp3) is 0.533. The Bertz CT molecular complexity index is 496. The number of carbonyl (C=O) groups is 1. The molecule has 0 spiro atoms. The van der Waals surface area contributed by atoms with Crippen LogP contribution in [-0.4, -0.2) is 5.97 Å². The Morgan fingerprint density at radius 2 is 1.65 bits per heavy atom. The number of rotatable bonds is 0. The Hall–Kier alpha value is -1.31. The van der Waals surface area contributed by atoms with Crippen molar-refractivity contribution in [3.8, 4) is 0 Å². The molecule has 0 N–H and O–H groups in total. The van der Waals surface area contributed by atoms with Crippen molar-refractivity contribution in [2.75, 3.05) is 0 Å². The van der Waals surface area contributed by atoms with Gasteiger partial charge in [0.15, 0.2) is 0 Å². The average molecular weight is 232 g/mol. The van der Waals surface area contributed by atoms with Crippen LogP contribution in [0.5, 0.6) is 0 Å². The maximum Gasteiger partial charge on any atom is 0.316 e.